The molecule has 3 nitrogen and oxygen atoms in total. The van der Waals surface area contributed by atoms with Crippen LogP contribution in [0, 0.1) is 0 Å². The van der Waals surface area contributed by atoms with E-state index < -0.39 is 0 Å². The van der Waals surface area contributed by atoms with Gasteiger partial charge in [-0.3, -0.25) is 4.98 Å². The van der Waals surface area contributed by atoms with Crippen molar-refractivity contribution >= 4 is 22.3 Å². The first kappa shape index (κ1) is 13.2. The number of fused-ring (bicyclic) bond motifs is 1. The minimum absolute atomic E-state index is 0.859. The molecule has 0 spiro atoms. The first-order valence-electron chi connectivity index (χ1n) is 7.72. The molecule has 0 atom stereocenters. The van der Waals surface area contributed by atoms with Crippen LogP contribution in [0.3, 0.4) is 0 Å². The van der Waals surface area contributed by atoms with Gasteiger partial charge in [-0.25, -0.2) is 0 Å². The molecule has 0 saturated carbocycles. The van der Waals surface area contributed by atoms with Crippen LogP contribution in [-0.2, 0) is 6.42 Å². The highest BCUT2D eigenvalue weighted by Crippen LogP contribution is 2.28. The minimum Gasteiger partial charge on any atom is -0.398 e. The molecular formula is C17H23N3. The molecule has 1 fully saturated rings. The highest BCUT2D eigenvalue weighted by atomic mass is 15.1. The Morgan fingerprint density at radius 3 is 2.70 bits per heavy atom. The lowest BCUT2D eigenvalue weighted by Gasteiger charge is -2.29. The monoisotopic (exact) mass is 269 g/mol. The molecule has 0 amide bonds. The van der Waals surface area contributed by atoms with Crippen molar-refractivity contribution < 1.29 is 0 Å². The fourth-order valence-corrected chi connectivity index (χ4v) is 3.03. The van der Waals surface area contributed by atoms with Crippen molar-refractivity contribution in [2.45, 2.75) is 39.0 Å². The summed E-state index contributed by atoms with van der Waals surface area (Å²) < 4.78 is 0. The molecule has 0 aliphatic carbocycles. The highest BCUT2D eigenvalue weighted by Gasteiger charge is 2.12. The van der Waals surface area contributed by atoms with Gasteiger partial charge in [0.2, 0.25) is 0 Å². The minimum atomic E-state index is 0.859. The Kier molecular flexibility index (Phi) is 3.77. The number of piperidine rings is 1. The largest absolute Gasteiger partial charge is 0.398 e. The molecular weight excluding hydrogens is 246 g/mol. The lowest BCUT2D eigenvalue weighted by molar-refractivity contribution is 0.578. The van der Waals surface area contributed by atoms with Gasteiger partial charge >= 0.3 is 0 Å². The van der Waals surface area contributed by atoms with E-state index in [4.69, 9.17) is 10.7 Å². The number of benzene rings is 1. The Balaban J connectivity index is 1.98. The van der Waals surface area contributed by atoms with Crippen LogP contribution in [0.5, 0.6) is 0 Å². The summed E-state index contributed by atoms with van der Waals surface area (Å²) in [6, 6.07) is 8.55. The second kappa shape index (κ2) is 5.70. The van der Waals surface area contributed by atoms with Crippen molar-refractivity contribution in [3.8, 4) is 0 Å². The lowest BCUT2D eigenvalue weighted by Crippen LogP contribution is -2.29. The van der Waals surface area contributed by atoms with Crippen LogP contribution < -0.4 is 10.6 Å². The average Bonchev–Trinajstić information content (AvgIpc) is 2.48. The zero-order valence-corrected chi connectivity index (χ0v) is 12.2. The summed E-state index contributed by atoms with van der Waals surface area (Å²) in [6.45, 7) is 4.49. The molecule has 1 saturated heterocycles. The van der Waals surface area contributed by atoms with Gasteiger partial charge in [0.05, 0.1) is 5.52 Å². The maximum atomic E-state index is 6.23. The van der Waals surface area contributed by atoms with E-state index in [2.05, 4.69) is 30.0 Å². The predicted octanol–water partition coefficient (Wildman–Crippen LogP) is 3.76. The van der Waals surface area contributed by atoms with Crippen molar-refractivity contribution in [1.29, 1.82) is 0 Å². The standard InChI is InChI=1S/C17H23N3/c1-2-6-13-11-16(18)15-12-14(7-8-17(15)19-13)20-9-4-3-5-10-20/h7-8,11-12H,2-6,9-10H2,1H3,(H2,18,19). The Bertz CT molecular complexity index is 600. The number of anilines is 2. The van der Waals surface area contributed by atoms with Crippen molar-refractivity contribution in [2.24, 2.45) is 0 Å². The van der Waals surface area contributed by atoms with E-state index in [1.165, 1.54) is 24.9 Å². The first-order valence-corrected chi connectivity index (χ1v) is 7.72. The molecule has 2 aromatic rings. The fraction of sp³-hybridized carbons (Fsp3) is 0.471. The molecule has 1 aliphatic heterocycles. The molecule has 1 aromatic carbocycles. The van der Waals surface area contributed by atoms with E-state index in [1.807, 2.05) is 6.07 Å². The van der Waals surface area contributed by atoms with Gasteiger partial charge in [0, 0.05) is 35.5 Å². The van der Waals surface area contributed by atoms with Crippen molar-refractivity contribution in [1.82, 2.24) is 4.98 Å². The molecule has 3 heteroatoms. The van der Waals surface area contributed by atoms with Crippen LogP contribution in [0.25, 0.3) is 10.9 Å². The number of nitrogen functional groups attached to an aromatic ring is 1. The Labute approximate surface area is 120 Å². The number of hydrogen-bond acceptors (Lipinski definition) is 3. The number of nitrogens with two attached hydrogens (primary N) is 1. The molecule has 2 N–H and O–H groups in total. The zero-order valence-electron chi connectivity index (χ0n) is 12.2. The second-order valence-corrected chi connectivity index (χ2v) is 5.70. The lowest BCUT2D eigenvalue weighted by atomic mass is 10.1. The van der Waals surface area contributed by atoms with E-state index in [9.17, 15) is 0 Å². The molecule has 0 radical (unpaired) electrons. The zero-order chi connectivity index (χ0) is 13.9. The Hall–Kier alpha value is -1.77. The van der Waals surface area contributed by atoms with Crippen LogP contribution in [0.4, 0.5) is 11.4 Å². The average molecular weight is 269 g/mol. The molecule has 0 bridgehead atoms. The van der Waals surface area contributed by atoms with Gasteiger partial charge in [0.15, 0.2) is 0 Å². The maximum Gasteiger partial charge on any atom is 0.0727 e. The van der Waals surface area contributed by atoms with Crippen LogP contribution in [0.1, 0.15) is 38.3 Å². The number of hydrogen-bond donors (Lipinski definition) is 1. The third-order valence-corrected chi connectivity index (χ3v) is 4.10. The summed E-state index contributed by atoms with van der Waals surface area (Å²) in [5.41, 5.74) is 10.5. The van der Waals surface area contributed by atoms with Crippen molar-refractivity contribution in [2.75, 3.05) is 23.7 Å². The molecule has 106 valence electrons. The summed E-state index contributed by atoms with van der Waals surface area (Å²) in [6.07, 6.45) is 6.04. The SMILES string of the molecule is CCCc1cc(N)c2cc(N3CCCCC3)ccc2n1. The number of aromatic nitrogens is 1. The third kappa shape index (κ3) is 2.58. The number of pyridine rings is 1. The number of aryl methyl sites for hydroxylation is 1. The smallest absolute Gasteiger partial charge is 0.0727 e. The van der Waals surface area contributed by atoms with Gasteiger partial charge in [-0.1, -0.05) is 13.3 Å². The van der Waals surface area contributed by atoms with Crippen LogP contribution in [-0.4, -0.2) is 18.1 Å². The van der Waals surface area contributed by atoms with Crippen molar-refractivity contribution in [3.05, 3.63) is 30.0 Å². The summed E-state index contributed by atoms with van der Waals surface area (Å²) in [4.78, 5) is 7.17. The van der Waals surface area contributed by atoms with Crippen LogP contribution in [0.2, 0.25) is 0 Å². The predicted molar refractivity (Wildman–Crippen MR) is 86.2 cm³/mol. The maximum absolute atomic E-state index is 6.23. The van der Waals surface area contributed by atoms with E-state index in [1.54, 1.807) is 0 Å². The fourth-order valence-electron chi connectivity index (χ4n) is 3.03. The highest BCUT2D eigenvalue weighted by molar-refractivity contribution is 5.92. The van der Waals surface area contributed by atoms with Crippen molar-refractivity contribution in [3.63, 3.8) is 0 Å². The Morgan fingerprint density at radius 1 is 1.15 bits per heavy atom. The number of rotatable bonds is 3. The van der Waals surface area contributed by atoms with E-state index in [0.29, 0.717) is 0 Å². The quantitative estimate of drug-likeness (QED) is 0.922. The molecule has 2 heterocycles. The van der Waals surface area contributed by atoms with E-state index in [0.717, 1.165) is 48.2 Å². The molecule has 1 aromatic heterocycles. The van der Waals surface area contributed by atoms with Crippen LogP contribution >= 0.6 is 0 Å². The van der Waals surface area contributed by atoms with Crippen LogP contribution in [0.15, 0.2) is 24.3 Å². The second-order valence-electron chi connectivity index (χ2n) is 5.70. The molecule has 3 rings (SSSR count). The molecule has 0 unspecified atom stereocenters. The van der Waals surface area contributed by atoms with Gasteiger partial charge in [-0.2, -0.15) is 0 Å². The Morgan fingerprint density at radius 2 is 1.95 bits per heavy atom. The van der Waals surface area contributed by atoms with Gasteiger partial charge < -0.3 is 10.6 Å². The van der Waals surface area contributed by atoms with Gasteiger partial charge in [-0.15, -0.1) is 0 Å². The first-order chi connectivity index (χ1) is 9.78. The number of nitrogens with zero attached hydrogens (tertiary/aromatic N) is 2. The van der Waals surface area contributed by atoms with Gasteiger partial charge in [0.1, 0.15) is 0 Å². The molecule has 1 aliphatic rings. The topological polar surface area (TPSA) is 42.1 Å². The summed E-state index contributed by atoms with van der Waals surface area (Å²) in [7, 11) is 0. The van der Waals surface area contributed by atoms with E-state index >= 15 is 0 Å². The van der Waals surface area contributed by atoms with Gasteiger partial charge in [-0.05, 0) is 49.9 Å². The summed E-state index contributed by atoms with van der Waals surface area (Å²) >= 11 is 0. The molecule has 20 heavy (non-hydrogen) atoms. The third-order valence-electron chi connectivity index (χ3n) is 4.10. The van der Waals surface area contributed by atoms with E-state index in [-0.39, 0.29) is 0 Å². The summed E-state index contributed by atoms with van der Waals surface area (Å²) in [5, 5.41) is 1.09. The summed E-state index contributed by atoms with van der Waals surface area (Å²) in [5.74, 6) is 0. The van der Waals surface area contributed by atoms with Gasteiger partial charge in [0.25, 0.3) is 0 Å². The normalized spacial score (nSPS) is 15.8.